The Morgan fingerprint density at radius 2 is 1.96 bits per heavy atom. The van der Waals surface area contributed by atoms with E-state index in [2.05, 4.69) is 5.32 Å². The number of anilines is 2. The first-order valence-corrected chi connectivity index (χ1v) is 8.57. The number of carbonyl (C=O) groups is 2. The first-order valence-electron chi connectivity index (χ1n) is 8.57. The van der Waals surface area contributed by atoms with Crippen molar-refractivity contribution in [3.63, 3.8) is 0 Å². The number of amides is 2. The molecule has 3 rings (SSSR count). The molecule has 2 amide bonds. The molecule has 0 saturated carbocycles. The fourth-order valence-corrected chi connectivity index (χ4v) is 2.98. The number of non-ortho nitro benzene ring substituents is 1. The molecule has 1 fully saturated rings. The maximum absolute atomic E-state index is 12.5. The first-order chi connectivity index (χ1) is 13.0. The van der Waals surface area contributed by atoms with Gasteiger partial charge in [-0.15, -0.1) is 0 Å². The van der Waals surface area contributed by atoms with Gasteiger partial charge >= 0.3 is 0 Å². The summed E-state index contributed by atoms with van der Waals surface area (Å²) in [5, 5.41) is 13.4. The van der Waals surface area contributed by atoms with E-state index in [0.29, 0.717) is 23.7 Å². The quantitative estimate of drug-likeness (QED) is 0.623. The summed E-state index contributed by atoms with van der Waals surface area (Å²) in [5.41, 5.74) is 1.05. The lowest BCUT2D eigenvalue weighted by atomic mass is 10.1. The highest BCUT2D eigenvalue weighted by Crippen LogP contribution is 2.33. The highest BCUT2D eigenvalue weighted by Gasteiger charge is 2.36. The number of hydrogen-bond acceptors (Lipinski definition) is 5. The van der Waals surface area contributed by atoms with Gasteiger partial charge in [-0.3, -0.25) is 19.7 Å². The summed E-state index contributed by atoms with van der Waals surface area (Å²) >= 11 is 0. The van der Waals surface area contributed by atoms with Crippen molar-refractivity contribution in [3.05, 3.63) is 58.6 Å². The summed E-state index contributed by atoms with van der Waals surface area (Å²) < 4.78 is 5.57. The third-order valence-corrected chi connectivity index (χ3v) is 4.30. The zero-order chi connectivity index (χ0) is 19.4. The lowest BCUT2D eigenvalue weighted by Gasteiger charge is -2.20. The number of carbonyl (C=O) groups excluding carboxylic acids is 2. The van der Waals surface area contributed by atoms with E-state index in [-0.39, 0.29) is 30.5 Å². The molecule has 8 nitrogen and oxygen atoms in total. The van der Waals surface area contributed by atoms with Crippen LogP contribution in [0, 0.1) is 16.0 Å². The molecule has 8 heteroatoms. The molecule has 1 aliphatic rings. The third kappa shape index (κ3) is 4.05. The number of hydrogen-bond donors (Lipinski definition) is 1. The van der Waals surface area contributed by atoms with Gasteiger partial charge in [-0.25, -0.2) is 0 Å². The SMILES string of the molecule is CCOc1ccccc1N1C[C@@H](C(=O)Nc2ccc([N+](=O)[O-])cc2)CC1=O. The van der Waals surface area contributed by atoms with Crippen molar-refractivity contribution in [1.82, 2.24) is 0 Å². The molecule has 0 bridgehead atoms. The number of ether oxygens (including phenoxy) is 1. The van der Waals surface area contributed by atoms with Gasteiger partial charge in [0.15, 0.2) is 0 Å². The van der Waals surface area contributed by atoms with Crippen molar-refractivity contribution in [3.8, 4) is 5.75 Å². The second kappa shape index (κ2) is 7.86. The van der Waals surface area contributed by atoms with Crippen LogP contribution in [0.3, 0.4) is 0 Å². The van der Waals surface area contributed by atoms with E-state index in [0.717, 1.165) is 0 Å². The molecule has 2 aromatic rings. The van der Waals surface area contributed by atoms with Crippen LogP contribution < -0.4 is 15.0 Å². The van der Waals surface area contributed by atoms with Gasteiger partial charge in [-0.1, -0.05) is 12.1 Å². The molecule has 0 aromatic heterocycles. The van der Waals surface area contributed by atoms with Gasteiger partial charge in [0, 0.05) is 30.8 Å². The number of rotatable bonds is 6. The molecule has 0 aliphatic carbocycles. The highest BCUT2D eigenvalue weighted by atomic mass is 16.6. The second-order valence-corrected chi connectivity index (χ2v) is 6.10. The average molecular weight is 369 g/mol. The first kappa shape index (κ1) is 18.4. The Balaban J connectivity index is 1.70. The van der Waals surface area contributed by atoms with E-state index >= 15 is 0 Å². The number of benzene rings is 2. The van der Waals surface area contributed by atoms with Crippen LogP contribution in [0.4, 0.5) is 17.1 Å². The molecule has 1 atom stereocenters. The van der Waals surface area contributed by atoms with Crippen LogP contribution in [0.1, 0.15) is 13.3 Å². The molecule has 1 saturated heterocycles. The maximum atomic E-state index is 12.5. The fourth-order valence-electron chi connectivity index (χ4n) is 2.98. The monoisotopic (exact) mass is 369 g/mol. The van der Waals surface area contributed by atoms with Crippen LogP contribution in [0.5, 0.6) is 5.75 Å². The van der Waals surface area contributed by atoms with Crippen molar-refractivity contribution < 1.29 is 19.2 Å². The second-order valence-electron chi connectivity index (χ2n) is 6.10. The van der Waals surface area contributed by atoms with Gasteiger partial charge < -0.3 is 15.0 Å². The molecule has 27 heavy (non-hydrogen) atoms. The lowest BCUT2D eigenvalue weighted by molar-refractivity contribution is -0.384. The summed E-state index contributed by atoms with van der Waals surface area (Å²) in [6.45, 7) is 2.59. The van der Waals surface area contributed by atoms with Gasteiger partial charge in [-0.05, 0) is 31.2 Å². The Morgan fingerprint density at radius 1 is 1.26 bits per heavy atom. The molecular weight excluding hydrogens is 350 g/mol. The van der Waals surface area contributed by atoms with Crippen molar-refractivity contribution in [1.29, 1.82) is 0 Å². The number of nitrogens with zero attached hydrogens (tertiary/aromatic N) is 2. The van der Waals surface area contributed by atoms with Gasteiger partial charge in [0.1, 0.15) is 5.75 Å². The summed E-state index contributed by atoms with van der Waals surface area (Å²) in [4.78, 5) is 36.7. The van der Waals surface area contributed by atoms with E-state index in [1.165, 1.54) is 24.3 Å². The van der Waals surface area contributed by atoms with Gasteiger partial charge in [0.25, 0.3) is 5.69 Å². The Morgan fingerprint density at radius 3 is 2.63 bits per heavy atom. The van der Waals surface area contributed by atoms with Crippen molar-refractivity contribution in [2.24, 2.45) is 5.92 Å². The smallest absolute Gasteiger partial charge is 0.269 e. The minimum absolute atomic E-state index is 0.0530. The standard InChI is InChI=1S/C19H19N3O5/c1-2-27-17-6-4-3-5-16(17)21-12-13(11-18(21)23)19(24)20-14-7-9-15(10-8-14)22(25)26/h3-10,13H,2,11-12H2,1H3,(H,20,24)/t13-/m0/s1. The number of nitro groups is 1. The van der Waals surface area contributed by atoms with Gasteiger partial charge in [0.2, 0.25) is 11.8 Å². The molecule has 1 aliphatic heterocycles. The van der Waals surface area contributed by atoms with E-state index in [9.17, 15) is 19.7 Å². The maximum Gasteiger partial charge on any atom is 0.269 e. The molecular formula is C19H19N3O5. The predicted molar refractivity (Wildman–Crippen MR) is 99.8 cm³/mol. The number of nitrogens with one attached hydrogen (secondary N) is 1. The molecule has 2 aromatic carbocycles. The van der Waals surface area contributed by atoms with Crippen molar-refractivity contribution in [2.45, 2.75) is 13.3 Å². The fraction of sp³-hybridized carbons (Fsp3) is 0.263. The zero-order valence-corrected chi connectivity index (χ0v) is 14.8. The van der Waals surface area contributed by atoms with E-state index in [1.807, 2.05) is 19.1 Å². The third-order valence-electron chi connectivity index (χ3n) is 4.30. The topological polar surface area (TPSA) is 102 Å². The predicted octanol–water partition coefficient (Wildman–Crippen LogP) is 2.99. The number of para-hydroxylation sites is 2. The molecule has 0 radical (unpaired) electrons. The Kier molecular flexibility index (Phi) is 5.35. The summed E-state index contributed by atoms with van der Waals surface area (Å²) in [7, 11) is 0. The van der Waals surface area contributed by atoms with Crippen LogP contribution >= 0.6 is 0 Å². The Labute approximate surface area is 155 Å². The zero-order valence-electron chi connectivity index (χ0n) is 14.8. The Hall–Kier alpha value is -3.42. The molecule has 0 unspecified atom stereocenters. The van der Waals surface area contributed by atoms with E-state index in [4.69, 9.17) is 4.74 Å². The lowest BCUT2D eigenvalue weighted by Crippen LogP contribution is -2.28. The molecule has 0 spiro atoms. The van der Waals surface area contributed by atoms with Crippen LogP contribution in [-0.2, 0) is 9.59 Å². The average Bonchev–Trinajstić information content (AvgIpc) is 3.05. The Bertz CT molecular complexity index is 866. The van der Waals surface area contributed by atoms with Crippen LogP contribution in [0.2, 0.25) is 0 Å². The molecule has 1 N–H and O–H groups in total. The highest BCUT2D eigenvalue weighted by molar-refractivity contribution is 6.04. The normalized spacial score (nSPS) is 16.3. The van der Waals surface area contributed by atoms with E-state index < -0.39 is 10.8 Å². The number of nitro benzene ring substituents is 1. The molecule has 140 valence electrons. The summed E-state index contributed by atoms with van der Waals surface area (Å²) in [5.74, 6) is -0.355. The van der Waals surface area contributed by atoms with Gasteiger partial charge in [0.05, 0.1) is 23.1 Å². The van der Waals surface area contributed by atoms with Gasteiger partial charge in [-0.2, -0.15) is 0 Å². The minimum Gasteiger partial charge on any atom is -0.492 e. The van der Waals surface area contributed by atoms with Crippen LogP contribution in [0.25, 0.3) is 0 Å². The minimum atomic E-state index is -0.512. The summed E-state index contributed by atoms with van der Waals surface area (Å²) in [6, 6.07) is 12.8. The van der Waals surface area contributed by atoms with Crippen LogP contribution in [-0.4, -0.2) is 29.9 Å². The largest absolute Gasteiger partial charge is 0.492 e. The van der Waals surface area contributed by atoms with Crippen molar-refractivity contribution in [2.75, 3.05) is 23.4 Å². The molecule has 1 heterocycles. The van der Waals surface area contributed by atoms with E-state index in [1.54, 1.807) is 17.0 Å². The summed E-state index contributed by atoms with van der Waals surface area (Å²) in [6.07, 6.45) is 0.0965. The van der Waals surface area contributed by atoms with Crippen molar-refractivity contribution >= 4 is 28.9 Å². The van der Waals surface area contributed by atoms with Crippen LogP contribution in [0.15, 0.2) is 48.5 Å².